The number of non-ortho nitro benzene ring substituents is 1. The highest BCUT2D eigenvalue weighted by molar-refractivity contribution is 6.35. The zero-order valence-electron chi connectivity index (χ0n) is 17.7. The standard InChI is InChI=1S/C24H17Cl2N3O5/c1-13-4-2-5-15(10-13)27-23(30)20-21(18-9-8-14(25)11-19(18)26)28(34-22(20)24(27)31)16-6-3-7-17(12-16)29(32)33/h2-12,20-22H,1H3/t20-,21-,22+/m1/s1. The number of halogens is 2. The number of carbonyl (C=O) groups excluding carboxylic acids is 2. The van der Waals surface area contributed by atoms with Gasteiger partial charge in [0.1, 0.15) is 5.92 Å². The summed E-state index contributed by atoms with van der Waals surface area (Å²) in [6.45, 7) is 1.87. The van der Waals surface area contributed by atoms with Crippen LogP contribution in [0, 0.1) is 23.0 Å². The number of aryl methyl sites for hydroxylation is 1. The summed E-state index contributed by atoms with van der Waals surface area (Å²) < 4.78 is 0. The second-order valence-corrected chi connectivity index (χ2v) is 8.96. The fraction of sp³-hybridized carbons (Fsp3) is 0.167. The molecular weight excluding hydrogens is 481 g/mol. The topological polar surface area (TPSA) is 93.0 Å². The number of nitrogens with zero attached hydrogens (tertiary/aromatic N) is 3. The SMILES string of the molecule is Cc1cccc(N2C(=O)[C@H]3[C@H](ON(c4cccc([N+](=O)[O-])c4)[C@@H]3c3ccc(Cl)cc3Cl)C2=O)c1. The predicted molar refractivity (Wildman–Crippen MR) is 127 cm³/mol. The molecule has 0 radical (unpaired) electrons. The second-order valence-electron chi connectivity index (χ2n) is 8.12. The zero-order valence-corrected chi connectivity index (χ0v) is 19.2. The zero-order chi connectivity index (χ0) is 24.1. The fourth-order valence-corrected chi connectivity index (χ4v) is 4.98. The van der Waals surface area contributed by atoms with Gasteiger partial charge < -0.3 is 0 Å². The summed E-state index contributed by atoms with van der Waals surface area (Å²) in [7, 11) is 0. The van der Waals surface area contributed by atoms with E-state index in [-0.39, 0.29) is 10.7 Å². The second kappa shape index (κ2) is 8.39. The third kappa shape index (κ3) is 3.60. The van der Waals surface area contributed by atoms with Crippen LogP contribution in [0.3, 0.4) is 0 Å². The lowest BCUT2D eigenvalue weighted by atomic mass is 9.90. The van der Waals surface area contributed by atoms with Gasteiger partial charge >= 0.3 is 0 Å². The van der Waals surface area contributed by atoms with Crippen molar-refractivity contribution in [3.8, 4) is 0 Å². The smallest absolute Gasteiger partial charge is 0.271 e. The number of hydroxylamine groups is 1. The summed E-state index contributed by atoms with van der Waals surface area (Å²) in [6, 6.07) is 16.9. The van der Waals surface area contributed by atoms with E-state index >= 15 is 0 Å². The van der Waals surface area contributed by atoms with Crippen molar-refractivity contribution in [3.05, 3.63) is 98.0 Å². The minimum Gasteiger partial charge on any atom is -0.273 e. The van der Waals surface area contributed by atoms with Gasteiger partial charge in [0.25, 0.3) is 11.6 Å². The van der Waals surface area contributed by atoms with Gasteiger partial charge in [0, 0.05) is 22.2 Å². The number of hydrogen-bond acceptors (Lipinski definition) is 6. The maximum atomic E-state index is 13.6. The lowest BCUT2D eigenvalue weighted by Gasteiger charge is -2.29. The summed E-state index contributed by atoms with van der Waals surface area (Å²) >= 11 is 12.6. The lowest BCUT2D eigenvalue weighted by Crippen LogP contribution is -2.37. The average molecular weight is 498 g/mol. The Morgan fingerprint density at radius 3 is 2.38 bits per heavy atom. The maximum absolute atomic E-state index is 13.6. The molecule has 2 heterocycles. The summed E-state index contributed by atoms with van der Waals surface area (Å²) in [6.07, 6.45) is -1.12. The molecule has 0 saturated carbocycles. The highest BCUT2D eigenvalue weighted by Crippen LogP contribution is 2.49. The van der Waals surface area contributed by atoms with E-state index in [0.717, 1.165) is 10.5 Å². The molecule has 8 nitrogen and oxygen atoms in total. The molecule has 0 spiro atoms. The Balaban J connectivity index is 1.63. The molecule has 2 amide bonds. The summed E-state index contributed by atoms with van der Waals surface area (Å²) in [4.78, 5) is 45.0. The number of nitro benzene ring substituents is 1. The molecule has 0 N–H and O–H groups in total. The van der Waals surface area contributed by atoms with Gasteiger partial charge in [-0.3, -0.25) is 24.5 Å². The van der Waals surface area contributed by atoms with E-state index in [2.05, 4.69) is 0 Å². The van der Waals surface area contributed by atoms with Gasteiger partial charge in [-0.2, -0.15) is 0 Å². The lowest BCUT2D eigenvalue weighted by molar-refractivity contribution is -0.384. The molecule has 0 aliphatic carbocycles. The van der Waals surface area contributed by atoms with Crippen molar-refractivity contribution in [3.63, 3.8) is 0 Å². The Labute approximate surface area is 204 Å². The Hall–Kier alpha value is -3.46. The van der Waals surface area contributed by atoms with E-state index in [9.17, 15) is 19.7 Å². The van der Waals surface area contributed by atoms with Crippen LogP contribution in [0.2, 0.25) is 10.0 Å². The first-order valence-corrected chi connectivity index (χ1v) is 11.1. The molecule has 34 heavy (non-hydrogen) atoms. The van der Waals surface area contributed by atoms with Crippen molar-refractivity contribution in [2.24, 2.45) is 5.92 Å². The first kappa shape index (κ1) is 22.3. The number of benzene rings is 3. The molecule has 0 bridgehead atoms. The third-order valence-corrected chi connectivity index (χ3v) is 6.51. The van der Waals surface area contributed by atoms with Gasteiger partial charge in [-0.05, 0) is 48.4 Å². The molecule has 2 fully saturated rings. The van der Waals surface area contributed by atoms with Crippen LogP contribution in [0.4, 0.5) is 17.1 Å². The van der Waals surface area contributed by atoms with E-state index in [1.807, 2.05) is 13.0 Å². The van der Waals surface area contributed by atoms with Crippen LogP contribution in [-0.2, 0) is 14.4 Å². The molecule has 3 aromatic rings. The number of amides is 2. The minimum atomic E-state index is -1.12. The van der Waals surface area contributed by atoms with Crippen LogP contribution >= 0.6 is 23.2 Å². The summed E-state index contributed by atoms with van der Waals surface area (Å²) in [5.74, 6) is -1.88. The Morgan fingerprint density at radius 2 is 1.68 bits per heavy atom. The van der Waals surface area contributed by atoms with Crippen molar-refractivity contribution in [1.82, 2.24) is 0 Å². The molecule has 10 heteroatoms. The molecule has 3 aromatic carbocycles. The van der Waals surface area contributed by atoms with Crippen LogP contribution in [0.1, 0.15) is 17.2 Å². The van der Waals surface area contributed by atoms with Crippen molar-refractivity contribution in [2.45, 2.75) is 19.1 Å². The first-order valence-electron chi connectivity index (χ1n) is 10.4. The van der Waals surface area contributed by atoms with Crippen molar-refractivity contribution in [1.29, 1.82) is 0 Å². The number of fused-ring (bicyclic) bond motifs is 1. The highest BCUT2D eigenvalue weighted by atomic mass is 35.5. The van der Waals surface area contributed by atoms with Crippen LogP contribution in [0.5, 0.6) is 0 Å². The molecule has 172 valence electrons. The number of carbonyl (C=O) groups is 2. The van der Waals surface area contributed by atoms with Crippen LogP contribution in [0.15, 0.2) is 66.7 Å². The fourth-order valence-electron chi connectivity index (χ4n) is 4.46. The molecule has 3 atom stereocenters. The van der Waals surface area contributed by atoms with Gasteiger partial charge in [0.2, 0.25) is 5.91 Å². The average Bonchev–Trinajstić information content (AvgIpc) is 3.30. The van der Waals surface area contributed by atoms with Gasteiger partial charge in [-0.1, -0.05) is 47.5 Å². The van der Waals surface area contributed by atoms with E-state index < -0.39 is 34.8 Å². The van der Waals surface area contributed by atoms with Crippen LogP contribution in [0.25, 0.3) is 0 Å². The number of imide groups is 1. The normalized spacial score (nSPS) is 21.8. The molecule has 0 unspecified atom stereocenters. The monoisotopic (exact) mass is 497 g/mol. The first-order chi connectivity index (χ1) is 16.3. The van der Waals surface area contributed by atoms with Gasteiger partial charge in [0.15, 0.2) is 6.10 Å². The molecule has 0 aromatic heterocycles. The molecular formula is C24H17Cl2N3O5. The minimum absolute atomic E-state index is 0.154. The van der Waals surface area contributed by atoms with E-state index in [4.69, 9.17) is 28.0 Å². The quantitative estimate of drug-likeness (QED) is 0.277. The van der Waals surface area contributed by atoms with Crippen molar-refractivity contribution >= 4 is 52.1 Å². The number of anilines is 2. The number of hydrogen-bond donors (Lipinski definition) is 0. The Kier molecular flexibility index (Phi) is 5.51. The number of rotatable bonds is 4. The van der Waals surface area contributed by atoms with Crippen LogP contribution < -0.4 is 9.96 Å². The van der Waals surface area contributed by atoms with E-state index in [1.165, 1.54) is 29.3 Å². The molecule has 2 aliphatic heterocycles. The van der Waals surface area contributed by atoms with E-state index in [1.54, 1.807) is 36.4 Å². The highest BCUT2D eigenvalue weighted by Gasteiger charge is 2.60. The van der Waals surface area contributed by atoms with E-state index in [0.29, 0.717) is 22.0 Å². The van der Waals surface area contributed by atoms with Gasteiger partial charge in [-0.25, -0.2) is 9.96 Å². The maximum Gasteiger partial charge on any atom is 0.271 e. The Bertz CT molecular complexity index is 1350. The summed E-state index contributed by atoms with van der Waals surface area (Å²) in [5, 5.41) is 13.4. The van der Waals surface area contributed by atoms with Crippen molar-refractivity contribution in [2.75, 3.05) is 9.96 Å². The molecule has 2 saturated heterocycles. The third-order valence-electron chi connectivity index (χ3n) is 5.95. The summed E-state index contributed by atoms with van der Waals surface area (Å²) in [5.41, 5.74) is 2.03. The Morgan fingerprint density at radius 1 is 0.941 bits per heavy atom. The van der Waals surface area contributed by atoms with Gasteiger partial charge in [0.05, 0.1) is 22.3 Å². The largest absolute Gasteiger partial charge is 0.273 e. The molecule has 5 rings (SSSR count). The number of nitro groups is 1. The van der Waals surface area contributed by atoms with Gasteiger partial charge in [-0.15, -0.1) is 0 Å². The van der Waals surface area contributed by atoms with Crippen LogP contribution in [-0.4, -0.2) is 22.8 Å². The van der Waals surface area contributed by atoms with Crippen molar-refractivity contribution < 1.29 is 19.3 Å². The predicted octanol–water partition coefficient (Wildman–Crippen LogP) is 5.26. The molecule has 2 aliphatic rings.